The van der Waals surface area contributed by atoms with Crippen molar-refractivity contribution in [2.24, 2.45) is 17.6 Å². The highest BCUT2D eigenvalue weighted by Crippen LogP contribution is 2.34. The van der Waals surface area contributed by atoms with Crippen molar-refractivity contribution in [3.05, 3.63) is 35.5 Å². The van der Waals surface area contributed by atoms with Gasteiger partial charge in [0.2, 0.25) is 17.7 Å². The van der Waals surface area contributed by atoms with E-state index >= 15 is 0 Å². The number of nitrogens with one attached hydrogen (secondary N) is 4. The fourth-order valence-corrected chi connectivity index (χ4v) is 4.91. The summed E-state index contributed by atoms with van der Waals surface area (Å²) in [6.45, 7) is 7.36. The minimum Gasteiger partial charge on any atom is -0.465 e. The first-order valence-corrected chi connectivity index (χ1v) is 12.5. The molecular weight excluding hydrogens is 462 g/mol. The van der Waals surface area contributed by atoms with Gasteiger partial charge >= 0.3 is 6.09 Å². The lowest BCUT2D eigenvalue weighted by atomic mass is 9.78. The van der Waals surface area contributed by atoms with Gasteiger partial charge in [0, 0.05) is 23.0 Å². The Kier molecular flexibility index (Phi) is 8.27. The van der Waals surface area contributed by atoms with Crippen molar-refractivity contribution >= 4 is 34.7 Å². The minimum absolute atomic E-state index is 0.191. The third kappa shape index (κ3) is 5.47. The number of amides is 4. The molecule has 196 valence electrons. The Morgan fingerprint density at radius 3 is 2.31 bits per heavy atom. The lowest BCUT2D eigenvalue weighted by Crippen LogP contribution is -2.67. The predicted molar refractivity (Wildman–Crippen MR) is 136 cm³/mol. The smallest absolute Gasteiger partial charge is 0.405 e. The molecule has 0 aliphatic heterocycles. The zero-order chi connectivity index (χ0) is 26.6. The number of para-hydroxylation sites is 1. The van der Waals surface area contributed by atoms with Crippen molar-refractivity contribution in [3.8, 4) is 0 Å². The molecule has 0 radical (unpaired) electrons. The molecule has 0 fully saturated rings. The zero-order valence-corrected chi connectivity index (χ0v) is 21.3. The molecular formula is C26H37N5O5. The third-order valence-corrected chi connectivity index (χ3v) is 7.56. The second kappa shape index (κ2) is 11.0. The molecule has 3 rings (SSSR count). The summed E-state index contributed by atoms with van der Waals surface area (Å²) in [7, 11) is 0. The summed E-state index contributed by atoms with van der Waals surface area (Å²) in [5.74, 6) is -2.23. The molecule has 0 saturated carbocycles. The van der Waals surface area contributed by atoms with Gasteiger partial charge in [-0.25, -0.2) is 4.79 Å². The Morgan fingerprint density at radius 2 is 1.69 bits per heavy atom. The van der Waals surface area contributed by atoms with E-state index in [4.69, 9.17) is 5.73 Å². The van der Waals surface area contributed by atoms with Gasteiger partial charge in [0.15, 0.2) is 0 Å². The van der Waals surface area contributed by atoms with Gasteiger partial charge in [0.25, 0.3) is 0 Å². The van der Waals surface area contributed by atoms with Crippen LogP contribution in [0.5, 0.6) is 0 Å². The number of aromatic nitrogens is 1. The van der Waals surface area contributed by atoms with Gasteiger partial charge < -0.3 is 31.8 Å². The second-order valence-corrected chi connectivity index (χ2v) is 9.93. The van der Waals surface area contributed by atoms with Gasteiger partial charge in [-0.1, -0.05) is 58.7 Å². The van der Waals surface area contributed by atoms with E-state index in [1.54, 1.807) is 6.92 Å². The number of hydrogen-bond acceptors (Lipinski definition) is 4. The van der Waals surface area contributed by atoms with Crippen molar-refractivity contribution in [3.63, 3.8) is 0 Å². The quantitative estimate of drug-likeness (QED) is 0.294. The van der Waals surface area contributed by atoms with Gasteiger partial charge in [-0.3, -0.25) is 14.4 Å². The van der Waals surface area contributed by atoms with Crippen molar-refractivity contribution in [1.82, 2.24) is 20.9 Å². The van der Waals surface area contributed by atoms with Crippen LogP contribution in [-0.2, 0) is 27.2 Å². The summed E-state index contributed by atoms with van der Waals surface area (Å²) in [5, 5.41) is 18.3. The maximum absolute atomic E-state index is 13.9. The molecule has 1 aliphatic rings. The topological polar surface area (TPSA) is 166 Å². The van der Waals surface area contributed by atoms with Crippen LogP contribution >= 0.6 is 0 Å². The fraction of sp³-hybridized carbons (Fsp3) is 0.538. The number of hydrogen-bond donors (Lipinski definition) is 6. The molecule has 7 N–H and O–H groups in total. The Morgan fingerprint density at radius 1 is 1.06 bits per heavy atom. The van der Waals surface area contributed by atoms with E-state index in [9.17, 15) is 24.3 Å². The lowest BCUT2D eigenvalue weighted by Gasteiger charge is -2.39. The van der Waals surface area contributed by atoms with Crippen molar-refractivity contribution in [2.45, 2.75) is 77.4 Å². The van der Waals surface area contributed by atoms with E-state index in [1.807, 2.05) is 45.0 Å². The first kappa shape index (κ1) is 27.0. The van der Waals surface area contributed by atoms with Crippen LogP contribution in [0.3, 0.4) is 0 Å². The largest absolute Gasteiger partial charge is 0.465 e. The predicted octanol–water partition coefficient (Wildman–Crippen LogP) is 2.21. The van der Waals surface area contributed by atoms with Crippen LogP contribution in [0.2, 0.25) is 0 Å². The molecule has 1 heterocycles. The Hall–Kier alpha value is -3.56. The van der Waals surface area contributed by atoms with E-state index < -0.39 is 41.4 Å². The molecule has 5 atom stereocenters. The van der Waals surface area contributed by atoms with Crippen LogP contribution in [-0.4, -0.2) is 51.5 Å². The maximum Gasteiger partial charge on any atom is 0.405 e. The number of aryl methyl sites for hydroxylation is 1. The number of carboxylic acid groups (broad SMARTS) is 1. The van der Waals surface area contributed by atoms with Crippen LogP contribution in [0, 0.1) is 11.8 Å². The molecule has 4 amide bonds. The van der Waals surface area contributed by atoms with Crippen LogP contribution in [0.1, 0.15) is 58.2 Å². The Balaban J connectivity index is 2.02. The van der Waals surface area contributed by atoms with Crippen molar-refractivity contribution < 1.29 is 24.3 Å². The number of benzene rings is 1. The first-order chi connectivity index (χ1) is 17.0. The van der Waals surface area contributed by atoms with Gasteiger partial charge in [-0.15, -0.1) is 0 Å². The molecule has 1 aliphatic carbocycles. The number of primary amides is 1. The monoisotopic (exact) mass is 499 g/mol. The van der Waals surface area contributed by atoms with Crippen LogP contribution in [0.4, 0.5) is 4.79 Å². The average Bonchev–Trinajstić information content (AvgIpc) is 3.22. The molecule has 0 saturated heterocycles. The zero-order valence-electron chi connectivity index (χ0n) is 21.3. The molecule has 0 spiro atoms. The normalized spacial score (nSPS) is 20.4. The highest BCUT2D eigenvalue weighted by Gasteiger charge is 2.46. The summed E-state index contributed by atoms with van der Waals surface area (Å²) in [6, 6.07) is 5.80. The molecule has 0 unspecified atom stereocenters. The Bertz CT molecular complexity index is 1140. The standard InChI is InChI=1S/C26H37N5O5/c1-5-14(3)20(22(27)32)29-24(34)26(31-23(33)21(15(4)6-2)30-25(35)36)12-11-19-17(13-26)16-9-7-8-10-18(16)28-19/h7-10,14-15,20-21,28,30H,5-6,11-13H2,1-4H3,(H2,27,32)(H,29,34)(H,31,33)(H,35,36)/t14-,15-,20-,21-,26+/m0/s1. The van der Waals surface area contributed by atoms with E-state index in [0.29, 0.717) is 19.3 Å². The van der Waals surface area contributed by atoms with Gasteiger partial charge in [0.1, 0.15) is 17.6 Å². The highest BCUT2D eigenvalue weighted by atomic mass is 16.4. The molecule has 10 nitrogen and oxygen atoms in total. The fourth-order valence-electron chi connectivity index (χ4n) is 4.91. The molecule has 36 heavy (non-hydrogen) atoms. The third-order valence-electron chi connectivity index (χ3n) is 7.56. The van der Waals surface area contributed by atoms with E-state index in [0.717, 1.165) is 22.2 Å². The number of carbonyl (C=O) groups excluding carboxylic acids is 3. The summed E-state index contributed by atoms with van der Waals surface area (Å²) in [6.07, 6.45) is 0.817. The average molecular weight is 500 g/mol. The summed E-state index contributed by atoms with van der Waals surface area (Å²) < 4.78 is 0. The van der Waals surface area contributed by atoms with Crippen molar-refractivity contribution in [2.75, 3.05) is 0 Å². The van der Waals surface area contributed by atoms with Crippen molar-refractivity contribution in [1.29, 1.82) is 0 Å². The summed E-state index contributed by atoms with van der Waals surface area (Å²) >= 11 is 0. The summed E-state index contributed by atoms with van der Waals surface area (Å²) in [4.78, 5) is 54.3. The van der Waals surface area contributed by atoms with Crippen LogP contribution < -0.4 is 21.7 Å². The molecule has 0 bridgehead atoms. The number of rotatable bonds is 10. The molecule has 10 heteroatoms. The van der Waals surface area contributed by atoms with E-state index in [-0.39, 0.29) is 24.7 Å². The summed E-state index contributed by atoms with van der Waals surface area (Å²) in [5.41, 5.74) is 7.06. The van der Waals surface area contributed by atoms with E-state index in [2.05, 4.69) is 20.9 Å². The highest BCUT2D eigenvalue weighted by molar-refractivity contribution is 5.98. The lowest BCUT2D eigenvalue weighted by molar-refractivity contribution is -0.137. The second-order valence-electron chi connectivity index (χ2n) is 9.93. The minimum atomic E-state index is -1.39. The first-order valence-electron chi connectivity index (χ1n) is 12.5. The van der Waals surface area contributed by atoms with Gasteiger partial charge in [-0.05, 0) is 36.3 Å². The number of aromatic amines is 1. The number of H-pyrrole nitrogens is 1. The molecule has 2 aromatic rings. The molecule has 1 aromatic carbocycles. The van der Waals surface area contributed by atoms with Crippen LogP contribution in [0.15, 0.2) is 24.3 Å². The Labute approximate surface area is 210 Å². The SMILES string of the molecule is CC[C@H](C)[C@H](NC(=O)[C@@]1(NC(=O)[C@@H](NC(=O)O)[C@@H](C)CC)CCc2[nH]c3ccccc3c2C1)C(N)=O. The maximum atomic E-state index is 13.9. The van der Waals surface area contributed by atoms with Gasteiger partial charge in [0.05, 0.1) is 0 Å². The number of nitrogens with two attached hydrogens (primary N) is 1. The van der Waals surface area contributed by atoms with E-state index in [1.165, 1.54) is 0 Å². The van der Waals surface area contributed by atoms with Crippen LogP contribution in [0.25, 0.3) is 10.9 Å². The molecule has 1 aromatic heterocycles. The van der Waals surface area contributed by atoms with Gasteiger partial charge in [-0.2, -0.15) is 0 Å². The number of fused-ring (bicyclic) bond motifs is 3. The number of carbonyl (C=O) groups is 4.